The molecular formula is C17H13F6LiOP. The molecule has 1 nitrogen and oxygen atoms in total. The Hall–Kier alpha value is -1.28. The van der Waals surface area contributed by atoms with Crippen molar-refractivity contribution in [1.29, 1.82) is 0 Å². The minimum absolute atomic E-state index is 0. The van der Waals surface area contributed by atoms with Crippen LogP contribution in [0.1, 0.15) is 32.6 Å². The van der Waals surface area contributed by atoms with Crippen LogP contribution in [0, 0.1) is 13.8 Å². The van der Waals surface area contributed by atoms with Crippen LogP contribution in [-0.2, 0) is 12.4 Å². The molecule has 9 heteroatoms. The summed E-state index contributed by atoms with van der Waals surface area (Å²) in [7, 11) is -0.835. The van der Waals surface area contributed by atoms with Gasteiger partial charge in [-0.2, -0.15) is 26.3 Å². The fourth-order valence-corrected chi connectivity index (χ4v) is 3.64. The van der Waals surface area contributed by atoms with Crippen molar-refractivity contribution in [2.75, 3.05) is 0 Å². The van der Waals surface area contributed by atoms with Crippen LogP contribution in [-0.4, -0.2) is 24.4 Å². The van der Waals surface area contributed by atoms with Gasteiger partial charge in [-0.1, -0.05) is 24.3 Å². The van der Waals surface area contributed by atoms with Gasteiger partial charge in [0.15, 0.2) is 5.52 Å². The molecule has 0 aliphatic rings. The van der Waals surface area contributed by atoms with Gasteiger partial charge in [-0.15, -0.1) is 0 Å². The van der Waals surface area contributed by atoms with E-state index < -0.39 is 43.1 Å². The molecule has 1 unspecified atom stereocenters. The Kier molecular flexibility index (Phi) is 7.15. The minimum Gasteiger partial charge on any atom is -0.289 e. The van der Waals surface area contributed by atoms with Crippen LogP contribution in [0.2, 0.25) is 0 Å². The van der Waals surface area contributed by atoms with Gasteiger partial charge >= 0.3 is 12.4 Å². The number of hydrogen-bond acceptors (Lipinski definition) is 1. The average molecular weight is 385 g/mol. The Morgan fingerprint density at radius 1 is 0.808 bits per heavy atom. The van der Waals surface area contributed by atoms with Gasteiger partial charge < -0.3 is 0 Å². The van der Waals surface area contributed by atoms with Crippen molar-refractivity contribution in [2.24, 2.45) is 0 Å². The number of halogens is 6. The van der Waals surface area contributed by atoms with Gasteiger partial charge in [-0.3, -0.25) is 4.79 Å². The Morgan fingerprint density at radius 3 is 1.58 bits per heavy atom. The second kappa shape index (κ2) is 8.17. The van der Waals surface area contributed by atoms with Crippen molar-refractivity contribution < 1.29 is 31.1 Å². The molecule has 0 heterocycles. The van der Waals surface area contributed by atoms with E-state index in [0.717, 1.165) is 0 Å². The largest absolute Gasteiger partial charge is 0.417 e. The second-order valence-corrected chi connectivity index (χ2v) is 6.65. The first-order valence-electron chi connectivity index (χ1n) is 7.08. The van der Waals surface area contributed by atoms with Crippen LogP contribution in [0.5, 0.6) is 0 Å². The number of alkyl halides is 6. The summed E-state index contributed by atoms with van der Waals surface area (Å²) in [5, 5.41) is 0.456. The van der Waals surface area contributed by atoms with Gasteiger partial charge in [0.25, 0.3) is 0 Å². The minimum atomic E-state index is -5.06. The molecule has 0 aliphatic heterocycles. The molecule has 0 spiro atoms. The fraction of sp³-hybridized carbons (Fsp3) is 0.235. The number of carbonyl (C=O) groups excluding carboxylic acids is 1. The SMILES string of the molecule is Cc1cccc(C)c1PC(=O)c1c(C(F)(F)F)cccc1C(F)(F)F.[Li]. The third-order valence-corrected chi connectivity index (χ3v) is 5.14. The topological polar surface area (TPSA) is 17.1 Å². The maximum atomic E-state index is 13.2. The quantitative estimate of drug-likeness (QED) is 0.408. The third kappa shape index (κ3) is 4.91. The fourth-order valence-electron chi connectivity index (χ4n) is 2.46. The smallest absolute Gasteiger partial charge is 0.289 e. The molecule has 26 heavy (non-hydrogen) atoms. The molecule has 0 aromatic heterocycles. The summed E-state index contributed by atoms with van der Waals surface area (Å²) < 4.78 is 78.9. The summed E-state index contributed by atoms with van der Waals surface area (Å²) in [4.78, 5) is 12.5. The Morgan fingerprint density at radius 2 is 1.19 bits per heavy atom. The molecule has 2 aromatic carbocycles. The number of rotatable bonds is 3. The standard InChI is InChI=1S/C17H13F6OP.Li/c1-9-5-3-6-10(2)14(9)25-15(24)13-11(16(18,19)20)7-4-8-12(13)17(21,22)23;/h3-8,25H,1-2H3;. The van der Waals surface area contributed by atoms with Crippen LogP contribution in [0.25, 0.3) is 0 Å². The molecule has 0 amide bonds. The number of benzene rings is 2. The third-order valence-electron chi connectivity index (χ3n) is 3.62. The van der Waals surface area contributed by atoms with E-state index in [1.54, 1.807) is 32.0 Å². The zero-order valence-corrected chi connectivity index (χ0v) is 15.1. The predicted octanol–water partition coefficient (Wildman–Crippen LogP) is 5.10. The zero-order chi connectivity index (χ0) is 19.0. The zero-order valence-electron chi connectivity index (χ0n) is 14.1. The monoisotopic (exact) mass is 385 g/mol. The Balaban J connectivity index is 0.00000338. The summed E-state index contributed by atoms with van der Waals surface area (Å²) in [5.74, 6) is 0. The van der Waals surface area contributed by atoms with Crippen LogP contribution in [0.4, 0.5) is 26.3 Å². The van der Waals surface area contributed by atoms with Gasteiger partial charge in [-0.05, 0) is 51.0 Å². The van der Waals surface area contributed by atoms with E-state index in [2.05, 4.69) is 0 Å². The normalized spacial score (nSPS) is 12.3. The molecule has 0 N–H and O–H groups in total. The van der Waals surface area contributed by atoms with Crippen molar-refractivity contribution >= 4 is 38.3 Å². The molecule has 1 atom stereocenters. The second-order valence-electron chi connectivity index (χ2n) is 5.44. The number of carbonyl (C=O) groups is 1. The maximum absolute atomic E-state index is 13.2. The van der Waals surface area contributed by atoms with E-state index >= 15 is 0 Å². The number of hydrogen-bond donors (Lipinski definition) is 0. The molecule has 0 saturated carbocycles. The van der Waals surface area contributed by atoms with E-state index in [1.807, 2.05) is 0 Å². The molecule has 0 bridgehead atoms. The first-order valence-corrected chi connectivity index (χ1v) is 8.08. The molecule has 0 saturated heterocycles. The van der Waals surface area contributed by atoms with Crippen molar-refractivity contribution in [1.82, 2.24) is 0 Å². The summed E-state index contributed by atoms with van der Waals surface area (Å²) in [6, 6.07) is 6.67. The summed E-state index contributed by atoms with van der Waals surface area (Å²) in [5.41, 5.74) is -4.34. The molecule has 0 aliphatic carbocycles. The van der Waals surface area contributed by atoms with E-state index in [4.69, 9.17) is 0 Å². The Labute approximate surface area is 160 Å². The first-order chi connectivity index (χ1) is 11.4. The van der Waals surface area contributed by atoms with Crippen LogP contribution in [0.15, 0.2) is 36.4 Å². The number of aryl methyl sites for hydroxylation is 2. The predicted molar refractivity (Wildman–Crippen MR) is 90.4 cm³/mol. The van der Waals surface area contributed by atoms with Crippen molar-refractivity contribution in [2.45, 2.75) is 26.2 Å². The molecule has 135 valence electrons. The van der Waals surface area contributed by atoms with Crippen LogP contribution >= 0.6 is 8.58 Å². The van der Waals surface area contributed by atoms with Gasteiger partial charge in [0, 0.05) is 24.4 Å². The van der Waals surface area contributed by atoms with E-state index in [1.165, 1.54) is 0 Å². The van der Waals surface area contributed by atoms with Crippen LogP contribution < -0.4 is 5.30 Å². The van der Waals surface area contributed by atoms with E-state index in [9.17, 15) is 31.1 Å². The molecule has 1 radical (unpaired) electrons. The van der Waals surface area contributed by atoms with E-state index in [0.29, 0.717) is 34.6 Å². The van der Waals surface area contributed by atoms with Crippen molar-refractivity contribution in [3.8, 4) is 0 Å². The van der Waals surface area contributed by atoms with Gasteiger partial charge in [0.2, 0.25) is 0 Å². The van der Waals surface area contributed by atoms with Gasteiger partial charge in [-0.25, -0.2) is 0 Å². The molecule has 2 aromatic rings. The van der Waals surface area contributed by atoms with Crippen molar-refractivity contribution in [3.63, 3.8) is 0 Å². The first kappa shape index (κ1) is 22.8. The summed E-state index contributed by atoms with van der Waals surface area (Å²) in [6.07, 6.45) is -10.1. The molecular weight excluding hydrogens is 372 g/mol. The Bertz CT molecular complexity index is 761. The van der Waals surface area contributed by atoms with E-state index in [-0.39, 0.29) is 18.9 Å². The molecule has 2 rings (SSSR count). The maximum Gasteiger partial charge on any atom is 0.417 e. The van der Waals surface area contributed by atoms with Gasteiger partial charge in [0.1, 0.15) is 0 Å². The van der Waals surface area contributed by atoms with Gasteiger partial charge in [0.05, 0.1) is 11.1 Å². The summed E-state index contributed by atoms with van der Waals surface area (Å²) in [6.45, 7) is 3.31. The average Bonchev–Trinajstić information content (AvgIpc) is 2.48. The van der Waals surface area contributed by atoms with Crippen LogP contribution in [0.3, 0.4) is 0 Å². The molecule has 0 fully saturated rings. The summed E-state index contributed by atoms with van der Waals surface area (Å²) >= 11 is 0. The van der Waals surface area contributed by atoms with Crippen molar-refractivity contribution in [3.05, 3.63) is 64.2 Å².